The van der Waals surface area contributed by atoms with Gasteiger partial charge in [-0.2, -0.15) is 13.5 Å². The molecule has 3 aromatic rings. The summed E-state index contributed by atoms with van der Waals surface area (Å²) in [7, 11) is -3.73. The lowest BCUT2D eigenvalue weighted by molar-refractivity contribution is 0.411. The Morgan fingerprint density at radius 2 is 1.70 bits per heavy atom. The summed E-state index contributed by atoms with van der Waals surface area (Å²) in [6.45, 7) is 8.08. The van der Waals surface area contributed by atoms with E-state index in [2.05, 4.69) is 30.7 Å². The van der Waals surface area contributed by atoms with E-state index in [4.69, 9.17) is 11.6 Å². The highest BCUT2D eigenvalue weighted by atomic mass is 35.5. The van der Waals surface area contributed by atoms with Gasteiger partial charge in [0.15, 0.2) is 0 Å². The lowest BCUT2D eigenvalue weighted by Gasteiger charge is -2.24. The average molecular weight is 404 g/mol. The zero-order valence-corrected chi connectivity index (χ0v) is 17.3. The lowest BCUT2D eigenvalue weighted by atomic mass is 10.1. The van der Waals surface area contributed by atoms with Gasteiger partial charge in [0.2, 0.25) is 0 Å². The lowest BCUT2D eigenvalue weighted by Crippen LogP contribution is -2.21. The second kappa shape index (κ2) is 7.02. The van der Waals surface area contributed by atoms with Gasteiger partial charge in [0.05, 0.1) is 16.6 Å². The normalized spacial score (nSPS) is 12.8. The maximum atomic E-state index is 12.4. The van der Waals surface area contributed by atoms with Gasteiger partial charge < -0.3 is 4.57 Å². The summed E-state index contributed by atoms with van der Waals surface area (Å²) in [5.74, 6) is 0. The third-order valence-corrected chi connectivity index (χ3v) is 5.83. The van der Waals surface area contributed by atoms with E-state index in [1.54, 1.807) is 24.3 Å². The zero-order chi connectivity index (χ0) is 19.8. The van der Waals surface area contributed by atoms with Gasteiger partial charge in [-0.05, 0) is 45.9 Å². The van der Waals surface area contributed by atoms with Crippen LogP contribution in [0.3, 0.4) is 0 Å². The highest BCUT2D eigenvalue weighted by Gasteiger charge is 2.23. The van der Waals surface area contributed by atoms with Gasteiger partial charge >= 0.3 is 0 Å². The third-order valence-electron chi connectivity index (χ3n) is 4.22. The highest BCUT2D eigenvalue weighted by Crippen LogP contribution is 2.34. The Balaban J connectivity index is 1.97. The molecule has 5 nitrogen and oxygen atoms in total. The van der Waals surface area contributed by atoms with Crippen molar-refractivity contribution in [2.24, 2.45) is 5.10 Å². The maximum Gasteiger partial charge on any atom is 0.276 e. The van der Waals surface area contributed by atoms with Crippen LogP contribution in [0.1, 0.15) is 31.9 Å². The van der Waals surface area contributed by atoms with Crippen LogP contribution >= 0.6 is 11.6 Å². The molecule has 0 spiro atoms. The second-order valence-electron chi connectivity index (χ2n) is 7.39. The number of hydrogen-bond donors (Lipinski definition) is 1. The van der Waals surface area contributed by atoms with Crippen LogP contribution in [0.15, 0.2) is 58.5 Å². The van der Waals surface area contributed by atoms with Gasteiger partial charge in [-0.15, -0.1) is 0 Å². The number of sulfonamides is 1. The molecule has 0 atom stereocenters. The van der Waals surface area contributed by atoms with Crippen LogP contribution in [0.2, 0.25) is 5.15 Å². The van der Waals surface area contributed by atoms with E-state index in [9.17, 15) is 8.42 Å². The Morgan fingerprint density at radius 3 is 2.33 bits per heavy atom. The van der Waals surface area contributed by atoms with Gasteiger partial charge in [0.25, 0.3) is 10.0 Å². The van der Waals surface area contributed by atoms with E-state index in [1.165, 1.54) is 6.21 Å². The number of aryl methyl sites for hydroxylation is 1. The first kappa shape index (κ1) is 19.5. The summed E-state index contributed by atoms with van der Waals surface area (Å²) in [4.78, 5) is 2.42. The molecule has 2 aromatic carbocycles. The highest BCUT2D eigenvalue weighted by molar-refractivity contribution is 7.89. The average Bonchev–Trinajstić information content (AvgIpc) is 2.87. The molecule has 0 saturated carbocycles. The minimum absolute atomic E-state index is 0.161. The number of fused-ring (bicyclic) bond motifs is 1. The van der Waals surface area contributed by atoms with Gasteiger partial charge in [-0.25, -0.2) is 4.83 Å². The molecular formula is C20H22ClN3O2S. The van der Waals surface area contributed by atoms with E-state index < -0.39 is 10.0 Å². The Bertz CT molecular complexity index is 1110. The second-order valence-corrected chi connectivity index (χ2v) is 9.41. The summed E-state index contributed by atoms with van der Waals surface area (Å²) in [5, 5.41) is 5.39. The molecule has 0 aliphatic carbocycles. The Morgan fingerprint density at radius 1 is 1.07 bits per heavy atom. The fourth-order valence-corrected chi connectivity index (χ4v) is 4.23. The van der Waals surface area contributed by atoms with Gasteiger partial charge in [-0.1, -0.05) is 47.5 Å². The van der Waals surface area contributed by atoms with Crippen LogP contribution in [0.4, 0.5) is 0 Å². The predicted octanol–water partition coefficient (Wildman–Crippen LogP) is 4.67. The van der Waals surface area contributed by atoms with Crippen LogP contribution in [0, 0.1) is 6.92 Å². The van der Waals surface area contributed by atoms with Crippen molar-refractivity contribution in [3.05, 3.63) is 64.8 Å². The summed E-state index contributed by atoms with van der Waals surface area (Å²) < 4.78 is 26.8. The molecule has 0 amide bonds. The molecule has 0 unspecified atom stereocenters. The van der Waals surface area contributed by atoms with Crippen LogP contribution in [0.25, 0.3) is 10.9 Å². The van der Waals surface area contributed by atoms with Gasteiger partial charge in [0, 0.05) is 16.5 Å². The number of hydrazone groups is 1. The number of nitrogens with zero attached hydrogens (tertiary/aromatic N) is 2. The van der Waals surface area contributed by atoms with Crippen molar-refractivity contribution in [3.8, 4) is 0 Å². The molecule has 7 heteroatoms. The van der Waals surface area contributed by atoms with E-state index >= 15 is 0 Å². The Labute approximate surface area is 164 Å². The summed E-state index contributed by atoms with van der Waals surface area (Å²) >= 11 is 6.62. The molecule has 1 N–H and O–H groups in total. The van der Waals surface area contributed by atoms with Crippen molar-refractivity contribution in [2.75, 3.05) is 0 Å². The number of nitrogens with one attached hydrogen (secondary N) is 1. The van der Waals surface area contributed by atoms with Crippen molar-refractivity contribution in [1.82, 2.24) is 9.40 Å². The number of para-hydroxylation sites is 1. The molecule has 1 aromatic heterocycles. The zero-order valence-electron chi connectivity index (χ0n) is 15.7. The number of hydrogen-bond acceptors (Lipinski definition) is 3. The van der Waals surface area contributed by atoms with Crippen LogP contribution in [0.5, 0.6) is 0 Å². The van der Waals surface area contributed by atoms with Crippen molar-refractivity contribution in [2.45, 2.75) is 38.1 Å². The molecule has 0 fully saturated rings. The summed E-state index contributed by atoms with van der Waals surface area (Å²) in [5.41, 5.74) is 2.40. The van der Waals surface area contributed by atoms with Crippen LogP contribution in [-0.4, -0.2) is 19.2 Å². The number of halogens is 1. The van der Waals surface area contributed by atoms with Crippen LogP contribution in [-0.2, 0) is 15.6 Å². The molecule has 27 heavy (non-hydrogen) atoms. The summed E-state index contributed by atoms with van der Waals surface area (Å²) in [6, 6.07) is 14.4. The first-order valence-corrected chi connectivity index (χ1v) is 10.4. The predicted molar refractivity (Wildman–Crippen MR) is 111 cm³/mol. The largest absolute Gasteiger partial charge is 0.326 e. The first-order chi connectivity index (χ1) is 12.6. The van der Waals surface area contributed by atoms with Crippen molar-refractivity contribution < 1.29 is 8.42 Å². The quantitative estimate of drug-likeness (QED) is 0.508. The first-order valence-electron chi connectivity index (χ1n) is 8.52. The molecule has 0 aliphatic rings. The molecule has 0 saturated heterocycles. The fraction of sp³-hybridized carbons (Fsp3) is 0.250. The van der Waals surface area contributed by atoms with Crippen molar-refractivity contribution in [3.63, 3.8) is 0 Å². The standard InChI is InChI=1S/C20H22ClN3O2S/c1-14-9-11-15(12-10-14)27(25,26)23-22-13-17-16-7-5-6-8-18(16)24(19(17)21)20(2,3)4/h5-13,23H,1-4H3/b22-13+. The summed E-state index contributed by atoms with van der Waals surface area (Å²) in [6.07, 6.45) is 1.46. The number of benzene rings is 2. The van der Waals surface area contributed by atoms with E-state index in [1.807, 2.05) is 35.8 Å². The molecule has 0 bridgehead atoms. The van der Waals surface area contributed by atoms with Crippen molar-refractivity contribution in [1.29, 1.82) is 0 Å². The maximum absolute atomic E-state index is 12.4. The van der Waals surface area contributed by atoms with E-state index in [-0.39, 0.29) is 10.4 Å². The fourth-order valence-electron chi connectivity index (χ4n) is 2.94. The van der Waals surface area contributed by atoms with E-state index in [0.717, 1.165) is 16.5 Å². The monoisotopic (exact) mass is 403 g/mol. The Kier molecular flexibility index (Phi) is 5.06. The molecule has 142 valence electrons. The number of aromatic nitrogens is 1. The smallest absolute Gasteiger partial charge is 0.276 e. The molecule has 0 radical (unpaired) electrons. The molecule has 1 heterocycles. The SMILES string of the molecule is Cc1ccc(S(=O)(=O)N/N=C/c2c(Cl)n(C(C)(C)C)c3ccccc23)cc1. The minimum Gasteiger partial charge on any atom is -0.326 e. The molecular weight excluding hydrogens is 382 g/mol. The Hall–Kier alpha value is -2.31. The molecule has 0 aliphatic heterocycles. The third kappa shape index (κ3) is 3.87. The van der Waals surface area contributed by atoms with Crippen LogP contribution < -0.4 is 4.83 Å². The molecule has 3 rings (SSSR count). The van der Waals surface area contributed by atoms with Crippen molar-refractivity contribution >= 4 is 38.7 Å². The van der Waals surface area contributed by atoms with Gasteiger partial charge in [0.1, 0.15) is 5.15 Å². The van der Waals surface area contributed by atoms with E-state index in [0.29, 0.717) is 10.7 Å². The number of rotatable bonds is 4. The topological polar surface area (TPSA) is 63.5 Å². The van der Waals surface area contributed by atoms with Gasteiger partial charge in [-0.3, -0.25) is 0 Å². The minimum atomic E-state index is -3.73.